The molecule has 0 aliphatic heterocycles. The number of hydrogen-bond donors (Lipinski definition) is 0. The van der Waals surface area contributed by atoms with Crippen LogP contribution in [-0.2, 0) is 0 Å². The van der Waals surface area contributed by atoms with Gasteiger partial charge in [-0.25, -0.2) is 0 Å². The number of nitrogens with zero attached hydrogens (tertiary/aromatic N) is 2. The van der Waals surface area contributed by atoms with Crippen LogP contribution < -0.4 is 0 Å². The third-order valence-corrected chi connectivity index (χ3v) is 1.04. The quantitative estimate of drug-likeness (QED) is 0.509. The zero-order valence-electron chi connectivity index (χ0n) is 5.80. The predicted octanol–water partition coefficient (Wildman–Crippen LogP) is 1.68. The van der Waals surface area contributed by atoms with Gasteiger partial charge in [-0.2, -0.15) is 0 Å². The molecule has 0 aliphatic rings. The van der Waals surface area contributed by atoms with Crippen molar-refractivity contribution in [3.63, 3.8) is 0 Å². The van der Waals surface area contributed by atoms with Gasteiger partial charge in [0.15, 0.2) is 0 Å². The highest BCUT2D eigenvalue weighted by molar-refractivity contribution is 5.28. The van der Waals surface area contributed by atoms with Crippen molar-refractivity contribution in [2.45, 2.75) is 13.3 Å². The van der Waals surface area contributed by atoms with E-state index in [1.807, 2.05) is 0 Å². The summed E-state index contributed by atoms with van der Waals surface area (Å²) in [4.78, 5) is 7.35. The van der Waals surface area contributed by atoms with Crippen molar-refractivity contribution in [3.05, 3.63) is 11.8 Å². The van der Waals surface area contributed by atoms with Gasteiger partial charge in [0.05, 0.1) is 6.54 Å². The van der Waals surface area contributed by atoms with Crippen LogP contribution in [0.3, 0.4) is 0 Å². The molecule has 0 bridgehead atoms. The van der Waals surface area contributed by atoms with Gasteiger partial charge >= 0.3 is 0 Å². The number of rotatable bonds is 4. The first-order valence-electron chi connectivity index (χ1n) is 2.91. The first-order valence-corrected chi connectivity index (χ1v) is 2.91. The summed E-state index contributed by atoms with van der Waals surface area (Å²) in [6, 6.07) is 0. The Balaban J connectivity index is 3.79. The van der Waals surface area contributed by atoms with Crippen LogP contribution in [0.4, 0.5) is 0 Å². The standard InChI is InChI=1S/C7H12N2/c1-4-7(5-8-2)6-9-3/h5H,2-4,6H2,1H3/b7-5+. The Morgan fingerprint density at radius 3 is 2.56 bits per heavy atom. The minimum Gasteiger partial charge on any atom is -0.296 e. The highest BCUT2D eigenvalue weighted by Gasteiger charge is 1.87. The van der Waals surface area contributed by atoms with Crippen LogP contribution >= 0.6 is 0 Å². The maximum atomic E-state index is 3.72. The molecule has 0 radical (unpaired) electrons. The fraction of sp³-hybridized carbons (Fsp3) is 0.429. The molecule has 2 heteroatoms. The fourth-order valence-electron chi connectivity index (χ4n) is 0.517. The van der Waals surface area contributed by atoms with E-state index in [1.54, 1.807) is 6.20 Å². The molecular weight excluding hydrogens is 112 g/mol. The Labute approximate surface area is 56.0 Å². The van der Waals surface area contributed by atoms with Gasteiger partial charge in [-0.1, -0.05) is 6.92 Å². The summed E-state index contributed by atoms with van der Waals surface area (Å²) in [5.74, 6) is 0. The average molecular weight is 124 g/mol. The second kappa shape index (κ2) is 5.22. The van der Waals surface area contributed by atoms with Crippen LogP contribution in [0.2, 0.25) is 0 Å². The van der Waals surface area contributed by atoms with E-state index in [4.69, 9.17) is 0 Å². The highest BCUT2D eigenvalue weighted by atomic mass is 14.7. The smallest absolute Gasteiger partial charge is 0.0610 e. The Kier molecular flexibility index (Phi) is 4.69. The molecule has 0 fully saturated rings. The molecule has 9 heavy (non-hydrogen) atoms. The largest absolute Gasteiger partial charge is 0.296 e. The first-order chi connectivity index (χ1) is 4.35. The lowest BCUT2D eigenvalue weighted by Gasteiger charge is -1.94. The second-order valence-corrected chi connectivity index (χ2v) is 1.71. The van der Waals surface area contributed by atoms with Crippen LogP contribution in [0.25, 0.3) is 0 Å². The summed E-state index contributed by atoms with van der Waals surface area (Å²) in [5.41, 5.74) is 1.17. The average Bonchev–Trinajstić information content (AvgIpc) is 1.88. The summed E-state index contributed by atoms with van der Waals surface area (Å²) in [7, 11) is 0. The molecule has 0 spiro atoms. The van der Waals surface area contributed by atoms with Crippen molar-refractivity contribution >= 4 is 13.4 Å². The Hall–Kier alpha value is -0.920. The van der Waals surface area contributed by atoms with Crippen LogP contribution in [-0.4, -0.2) is 20.0 Å². The SMILES string of the molecule is C=N/C=C(\CC)CN=C. The van der Waals surface area contributed by atoms with E-state index in [0.29, 0.717) is 6.54 Å². The maximum Gasteiger partial charge on any atom is 0.0610 e. The molecule has 2 nitrogen and oxygen atoms in total. The van der Waals surface area contributed by atoms with E-state index >= 15 is 0 Å². The zero-order valence-corrected chi connectivity index (χ0v) is 5.80. The van der Waals surface area contributed by atoms with Crippen LogP contribution in [0.15, 0.2) is 21.8 Å². The Morgan fingerprint density at radius 1 is 1.56 bits per heavy atom. The summed E-state index contributed by atoms with van der Waals surface area (Å²) in [6.45, 7) is 9.45. The summed E-state index contributed by atoms with van der Waals surface area (Å²) >= 11 is 0. The molecule has 0 unspecified atom stereocenters. The van der Waals surface area contributed by atoms with Crippen LogP contribution in [0.1, 0.15) is 13.3 Å². The fourth-order valence-corrected chi connectivity index (χ4v) is 0.517. The first kappa shape index (κ1) is 8.08. The van der Waals surface area contributed by atoms with Crippen molar-refractivity contribution in [3.8, 4) is 0 Å². The lowest BCUT2D eigenvalue weighted by molar-refractivity contribution is 1.00. The van der Waals surface area contributed by atoms with E-state index in [-0.39, 0.29) is 0 Å². The molecular formula is C7H12N2. The maximum absolute atomic E-state index is 3.72. The van der Waals surface area contributed by atoms with Gasteiger partial charge in [-0.3, -0.25) is 9.98 Å². The van der Waals surface area contributed by atoms with Gasteiger partial charge in [0, 0.05) is 6.20 Å². The molecule has 0 rings (SSSR count). The summed E-state index contributed by atoms with van der Waals surface area (Å²) in [5, 5.41) is 0. The minimum atomic E-state index is 0.676. The molecule has 0 aromatic rings. The van der Waals surface area contributed by atoms with Crippen molar-refractivity contribution in [1.29, 1.82) is 0 Å². The van der Waals surface area contributed by atoms with Crippen LogP contribution in [0.5, 0.6) is 0 Å². The Bertz CT molecular complexity index is 125. The van der Waals surface area contributed by atoms with Gasteiger partial charge in [0.25, 0.3) is 0 Å². The van der Waals surface area contributed by atoms with Gasteiger partial charge < -0.3 is 0 Å². The molecule has 0 aromatic carbocycles. The van der Waals surface area contributed by atoms with Gasteiger partial charge in [0.1, 0.15) is 0 Å². The van der Waals surface area contributed by atoms with E-state index in [1.165, 1.54) is 5.57 Å². The summed E-state index contributed by atoms with van der Waals surface area (Å²) < 4.78 is 0. The molecule has 50 valence electrons. The van der Waals surface area contributed by atoms with E-state index in [0.717, 1.165) is 6.42 Å². The third kappa shape index (κ3) is 3.64. The van der Waals surface area contributed by atoms with Crippen molar-refractivity contribution in [2.24, 2.45) is 9.98 Å². The van der Waals surface area contributed by atoms with E-state index in [9.17, 15) is 0 Å². The predicted molar refractivity (Wildman–Crippen MR) is 42.3 cm³/mol. The lowest BCUT2D eigenvalue weighted by atomic mass is 10.2. The van der Waals surface area contributed by atoms with Crippen molar-refractivity contribution in [1.82, 2.24) is 0 Å². The van der Waals surface area contributed by atoms with E-state index < -0.39 is 0 Å². The zero-order chi connectivity index (χ0) is 7.11. The lowest BCUT2D eigenvalue weighted by Crippen LogP contribution is -1.84. The Morgan fingerprint density at radius 2 is 2.22 bits per heavy atom. The number of hydrogen-bond acceptors (Lipinski definition) is 2. The molecule has 0 amide bonds. The molecule has 0 heterocycles. The molecule has 0 atom stereocenters. The number of aliphatic imine (C=N–C) groups is 2. The molecule has 0 N–H and O–H groups in total. The molecule has 0 saturated heterocycles. The second-order valence-electron chi connectivity index (χ2n) is 1.71. The topological polar surface area (TPSA) is 24.7 Å². The highest BCUT2D eigenvalue weighted by Crippen LogP contribution is 1.99. The van der Waals surface area contributed by atoms with Gasteiger partial charge in [-0.15, -0.1) is 0 Å². The minimum absolute atomic E-state index is 0.676. The van der Waals surface area contributed by atoms with Gasteiger partial charge in [0.2, 0.25) is 0 Å². The van der Waals surface area contributed by atoms with Crippen LogP contribution in [0, 0.1) is 0 Å². The third-order valence-electron chi connectivity index (χ3n) is 1.04. The van der Waals surface area contributed by atoms with Crippen molar-refractivity contribution in [2.75, 3.05) is 6.54 Å². The molecule has 0 aliphatic carbocycles. The monoisotopic (exact) mass is 124 g/mol. The summed E-state index contributed by atoms with van der Waals surface area (Å²) in [6.07, 6.45) is 2.70. The van der Waals surface area contributed by atoms with Crippen molar-refractivity contribution < 1.29 is 0 Å². The molecule has 0 saturated carbocycles. The van der Waals surface area contributed by atoms with Gasteiger partial charge in [-0.05, 0) is 25.4 Å². The molecule has 0 aromatic heterocycles. The van der Waals surface area contributed by atoms with E-state index in [2.05, 4.69) is 30.3 Å². The normalized spacial score (nSPS) is 11.0.